The van der Waals surface area contributed by atoms with Crippen LogP contribution in [0.4, 0.5) is 5.95 Å². The van der Waals surface area contributed by atoms with Gasteiger partial charge in [0.25, 0.3) is 5.91 Å². The first-order valence-corrected chi connectivity index (χ1v) is 8.41. The SMILES string of the molecule is CC(C)C[C@H](NC1CCN(c2ncc(C(=O)NO)cn2)CC1)C(=O)O. The molecule has 1 saturated heterocycles. The van der Waals surface area contributed by atoms with Crippen LogP contribution in [0.5, 0.6) is 0 Å². The van der Waals surface area contributed by atoms with Crippen molar-refractivity contribution >= 4 is 17.8 Å². The lowest BCUT2D eigenvalue weighted by Gasteiger charge is -2.34. The van der Waals surface area contributed by atoms with Crippen LogP contribution in [0.15, 0.2) is 12.4 Å². The van der Waals surface area contributed by atoms with Crippen molar-refractivity contribution in [3.8, 4) is 0 Å². The number of hydrogen-bond donors (Lipinski definition) is 4. The van der Waals surface area contributed by atoms with Crippen molar-refractivity contribution in [3.63, 3.8) is 0 Å². The van der Waals surface area contributed by atoms with Crippen molar-refractivity contribution in [2.45, 2.75) is 45.2 Å². The second-order valence-electron chi connectivity index (χ2n) is 6.66. The highest BCUT2D eigenvalue weighted by Gasteiger charge is 2.26. The fraction of sp³-hybridized carbons (Fsp3) is 0.625. The van der Waals surface area contributed by atoms with Gasteiger partial charge in [-0.2, -0.15) is 0 Å². The molecule has 1 aliphatic heterocycles. The number of carbonyl (C=O) groups excluding carboxylic acids is 1. The number of amides is 1. The number of carboxylic acid groups (broad SMARTS) is 1. The molecule has 0 unspecified atom stereocenters. The van der Waals surface area contributed by atoms with E-state index in [1.807, 2.05) is 18.7 Å². The van der Waals surface area contributed by atoms with E-state index in [9.17, 15) is 14.7 Å². The second-order valence-corrected chi connectivity index (χ2v) is 6.66. The number of carbonyl (C=O) groups is 2. The summed E-state index contributed by atoms with van der Waals surface area (Å²) in [7, 11) is 0. The first-order valence-electron chi connectivity index (χ1n) is 8.41. The van der Waals surface area contributed by atoms with Gasteiger partial charge in [0, 0.05) is 31.5 Å². The molecule has 1 aromatic rings. The van der Waals surface area contributed by atoms with Gasteiger partial charge in [-0.1, -0.05) is 13.8 Å². The Morgan fingerprint density at radius 2 is 1.88 bits per heavy atom. The predicted octanol–water partition coefficient (Wildman–Crippen LogP) is 0.653. The van der Waals surface area contributed by atoms with E-state index in [1.165, 1.54) is 17.9 Å². The summed E-state index contributed by atoms with van der Waals surface area (Å²) >= 11 is 0. The third kappa shape index (κ3) is 5.36. The van der Waals surface area contributed by atoms with Crippen LogP contribution in [0.3, 0.4) is 0 Å². The van der Waals surface area contributed by atoms with Crippen molar-refractivity contribution in [1.29, 1.82) is 0 Å². The van der Waals surface area contributed by atoms with Gasteiger partial charge in [-0.3, -0.25) is 14.8 Å². The Bertz CT molecular complexity index is 585. The molecule has 1 atom stereocenters. The summed E-state index contributed by atoms with van der Waals surface area (Å²) in [5.74, 6) is -0.627. The summed E-state index contributed by atoms with van der Waals surface area (Å²) in [5.41, 5.74) is 1.72. The molecule has 1 fully saturated rings. The molecule has 0 bridgehead atoms. The maximum Gasteiger partial charge on any atom is 0.320 e. The van der Waals surface area contributed by atoms with E-state index in [0.717, 1.165) is 12.8 Å². The van der Waals surface area contributed by atoms with Crippen molar-refractivity contribution in [2.75, 3.05) is 18.0 Å². The summed E-state index contributed by atoms with van der Waals surface area (Å²) in [6, 6.07) is -0.375. The summed E-state index contributed by atoms with van der Waals surface area (Å²) in [6.07, 6.45) is 4.92. The molecule has 25 heavy (non-hydrogen) atoms. The molecule has 2 rings (SSSR count). The normalized spacial score (nSPS) is 16.7. The third-order valence-corrected chi connectivity index (χ3v) is 4.22. The van der Waals surface area contributed by atoms with E-state index in [-0.39, 0.29) is 11.6 Å². The number of hydrogen-bond acceptors (Lipinski definition) is 7. The maximum atomic E-state index is 11.4. The molecular weight excluding hydrogens is 326 g/mol. The van der Waals surface area contributed by atoms with E-state index < -0.39 is 17.9 Å². The van der Waals surface area contributed by atoms with Gasteiger partial charge >= 0.3 is 5.97 Å². The number of nitrogens with one attached hydrogen (secondary N) is 2. The first-order chi connectivity index (χ1) is 11.9. The fourth-order valence-corrected chi connectivity index (χ4v) is 2.91. The third-order valence-electron chi connectivity index (χ3n) is 4.22. The highest BCUT2D eigenvalue weighted by Crippen LogP contribution is 2.17. The Hall–Kier alpha value is -2.26. The van der Waals surface area contributed by atoms with Crippen molar-refractivity contribution < 1.29 is 19.9 Å². The minimum absolute atomic E-state index is 0.149. The van der Waals surface area contributed by atoms with Gasteiger partial charge < -0.3 is 15.3 Å². The zero-order valence-electron chi connectivity index (χ0n) is 14.5. The highest BCUT2D eigenvalue weighted by molar-refractivity contribution is 5.92. The van der Waals surface area contributed by atoms with Crippen molar-refractivity contribution in [1.82, 2.24) is 20.8 Å². The van der Waals surface area contributed by atoms with Gasteiger partial charge in [0.15, 0.2) is 0 Å². The topological polar surface area (TPSA) is 128 Å². The van der Waals surface area contributed by atoms with E-state index in [2.05, 4.69) is 15.3 Å². The number of aliphatic carboxylic acids is 1. The number of carboxylic acids is 1. The van der Waals surface area contributed by atoms with Gasteiger partial charge in [-0.05, 0) is 25.2 Å². The Balaban J connectivity index is 1.88. The van der Waals surface area contributed by atoms with Gasteiger partial charge in [-0.25, -0.2) is 15.4 Å². The summed E-state index contributed by atoms with van der Waals surface area (Å²) in [6.45, 7) is 5.44. The average molecular weight is 351 g/mol. The number of aromatic nitrogens is 2. The zero-order chi connectivity index (χ0) is 18.4. The molecule has 9 heteroatoms. The van der Waals surface area contributed by atoms with E-state index >= 15 is 0 Å². The van der Waals surface area contributed by atoms with Crippen LogP contribution in [0.25, 0.3) is 0 Å². The molecule has 1 aliphatic rings. The summed E-state index contributed by atoms with van der Waals surface area (Å²) in [4.78, 5) is 32.9. The van der Waals surface area contributed by atoms with Crippen LogP contribution < -0.4 is 15.7 Å². The number of piperidine rings is 1. The zero-order valence-corrected chi connectivity index (χ0v) is 14.5. The molecule has 1 aromatic heterocycles. The summed E-state index contributed by atoms with van der Waals surface area (Å²) in [5, 5.41) is 21.2. The van der Waals surface area contributed by atoms with Gasteiger partial charge in [-0.15, -0.1) is 0 Å². The van der Waals surface area contributed by atoms with Crippen LogP contribution in [-0.4, -0.2) is 57.3 Å². The standard InChI is InChI=1S/C16H25N5O4/c1-10(2)7-13(15(23)24)19-12-3-5-21(6-4-12)16-17-8-11(9-18-16)14(22)20-25/h8-10,12-13,19,25H,3-7H2,1-2H3,(H,20,22)(H,23,24)/t13-/m0/s1. The predicted molar refractivity (Wildman–Crippen MR) is 90.5 cm³/mol. The second kappa shape index (κ2) is 8.72. The molecule has 0 spiro atoms. The molecule has 0 aromatic carbocycles. The van der Waals surface area contributed by atoms with Crippen molar-refractivity contribution in [3.05, 3.63) is 18.0 Å². The number of rotatable bonds is 7. The van der Waals surface area contributed by atoms with Gasteiger partial charge in [0.05, 0.1) is 5.56 Å². The van der Waals surface area contributed by atoms with E-state index in [1.54, 1.807) is 0 Å². The van der Waals surface area contributed by atoms with Crippen LogP contribution in [0, 0.1) is 5.92 Å². The largest absolute Gasteiger partial charge is 0.480 e. The molecule has 2 heterocycles. The minimum atomic E-state index is -0.808. The molecule has 9 nitrogen and oxygen atoms in total. The minimum Gasteiger partial charge on any atom is -0.480 e. The summed E-state index contributed by atoms with van der Waals surface area (Å²) < 4.78 is 0. The van der Waals surface area contributed by atoms with Crippen LogP contribution in [-0.2, 0) is 4.79 Å². The number of nitrogens with zero attached hydrogens (tertiary/aromatic N) is 3. The first kappa shape index (κ1) is 19.1. The molecule has 0 aliphatic carbocycles. The molecule has 4 N–H and O–H groups in total. The van der Waals surface area contributed by atoms with Gasteiger partial charge in [0.2, 0.25) is 5.95 Å². The quantitative estimate of drug-likeness (QED) is 0.416. The molecule has 1 amide bonds. The van der Waals surface area contributed by atoms with E-state index in [4.69, 9.17) is 5.21 Å². The molecule has 0 radical (unpaired) electrons. The Kier molecular flexibility index (Phi) is 6.65. The Morgan fingerprint density at radius 1 is 1.28 bits per heavy atom. The maximum absolute atomic E-state index is 11.4. The number of anilines is 1. The van der Waals surface area contributed by atoms with Crippen molar-refractivity contribution in [2.24, 2.45) is 5.92 Å². The smallest absolute Gasteiger partial charge is 0.320 e. The van der Waals surface area contributed by atoms with E-state index in [0.29, 0.717) is 31.4 Å². The van der Waals surface area contributed by atoms with Gasteiger partial charge in [0.1, 0.15) is 6.04 Å². The average Bonchev–Trinajstić information content (AvgIpc) is 2.61. The molecule has 138 valence electrons. The van der Waals surface area contributed by atoms with Crippen LogP contribution in [0.1, 0.15) is 43.5 Å². The Morgan fingerprint density at radius 3 is 2.36 bits per heavy atom. The fourth-order valence-electron chi connectivity index (χ4n) is 2.91. The number of hydroxylamine groups is 1. The highest BCUT2D eigenvalue weighted by atomic mass is 16.5. The lowest BCUT2D eigenvalue weighted by atomic mass is 9.99. The van der Waals surface area contributed by atoms with Crippen LogP contribution in [0.2, 0.25) is 0 Å². The Labute approximate surface area is 146 Å². The lowest BCUT2D eigenvalue weighted by molar-refractivity contribution is -0.140. The van der Waals surface area contributed by atoms with Crippen LogP contribution >= 0.6 is 0 Å². The lowest BCUT2D eigenvalue weighted by Crippen LogP contribution is -2.49. The monoisotopic (exact) mass is 351 g/mol. The molecule has 0 saturated carbocycles. The molecular formula is C16H25N5O4.